The van der Waals surface area contributed by atoms with Crippen molar-refractivity contribution in [3.8, 4) is 0 Å². The molecular formula is C9H19N3O3. The Balaban J connectivity index is 4.06. The van der Waals surface area contributed by atoms with E-state index in [9.17, 15) is 9.59 Å². The van der Waals surface area contributed by atoms with Gasteiger partial charge in [0, 0.05) is 0 Å². The summed E-state index contributed by atoms with van der Waals surface area (Å²) in [5, 5.41) is 9.44. The summed E-state index contributed by atoms with van der Waals surface area (Å²) in [6.45, 7) is 2.04. The van der Waals surface area contributed by atoms with Crippen molar-refractivity contribution in [3.63, 3.8) is 0 Å². The van der Waals surface area contributed by atoms with E-state index in [2.05, 4.69) is 6.92 Å². The number of nitrogens with one attached hydrogen (secondary N) is 1. The number of hydrazine groups is 1. The molecule has 0 bridgehead atoms. The molecule has 0 aromatic rings. The molecule has 1 atom stereocenters. The van der Waals surface area contributed by atoms with Crippen molar-refractivity contribution >= 4 is 12.3 Å². The third-order valence-electron chi connectivity index (χ3n) is 2.20. The van der Waals surface area contributed by atoms with Crippen LogP contribution in [0.15, 0.2) is 0 Å². The van der Waals surface area contributed by atoms with Gasteiger partial charge in [0.25, 0.3) is 0 Å². The Morgan fingerprint density at radius 2 is 2.27 bits per heavy atom. The van der Waals surface area contributed by atoms with E-state index in [-0.39, 0.29) is 18.9 Å². The highest BCUT2D eigenvalue weighted by molar-refractivity contribution is 5.78. The van der Waals surface area contributed by atoms with Gasteiger partial charge < -0.3 is 0 Å². The maximum Gasteiger partial charge on any atom is 0.238 e. The first kappa shape index (κ1) is 13.9. The highest BCUT2D eigenvalue weighted by Gasteiger charge is 2.19. The van der Waals surface area contributed by atoms with Crippen molar-refractivity contribution in [2.24, 2.45) is 11.8 Å². The molecule has 15 heavy (non-hydrogen) atoms. The van der Waals surface area contributed by atoms with E-state index in [1.165, 1.54) is 0 Å². The van der Waals surface area contributed by atoms with Crippen molar-refractivity contribution < 1.29 is 14.8 Å². The van der Waals surface area contributed by atoms with Gasteiger partial charge in [-0.15, -0.1) is 0 Å². The number of nitrogens with zero attached hydrogens (tertiary/aromatic N) is 1. The van der Waals surface area contributed by atoms with Gasteiger partial charge in [-0.25, -0.2) is 10.9 Å². The molecule has 0 radical (unpaired) electrons. The van der Waals surface area contributed by atoms with Gasteiger partial charge in [0.05, 0.1) is 12.5 Å². The number of hydroxylamine groups is 2. The monoisotopic (exact) mass is 217 g/mol. The lowest BCUT2D eigenvalue weighted by Gasteiger charge is -2.17. The molecule has 6 heteroatoms. The van der Waals surface area contributed by atoms with Gasteiger partial charge in [-0.2, -0.15) is 0 Å². The third-order valence-corrected chi connectivity index (χ3v) is 2.20. The van der Waals surface area contributed by atoms with Crippen LogP contribution in [0.25, 0.3) is 0 Å². The van der Waals surface area contributed by atoms with Gasteiger partial charge >= 0.3 is 0 Å². The van der Waals surface area contributed by atoms with Crippen LogP contribution in [-0.2, 0) is 9.59 Å². The van der Waals surface area contributed by atoms with Crippen LogP contribution in [0.3, 0.4) is 0 Å². The summed E-state index contributed by atoms with van der Waals surface area (Å²) in [7, 11) is 0. The first-order chi connectivity index (χ1) is 7.15. The normalized spacial score (nSPS) is 11.9. The second-order valence-corrected chi connectivity index (χ2v) is 3.43. The lowest BCUT2D eigenvalue weighted by Crippen LogP contribution is -2.40. The number of carbonyl (C=O) groups is 2. The predicted molar refractivity (Wildman–Crippen MR) is 54.5 cm³/mol. The minimum absolute atomic E-state index is 0.0176. The molecule has 0 aliphatic rings. The lowest BCUT2D eigenvalue weighted by atomic mass is 10.0. The molecule has 88 valence electrons. The first-order valence-electron chi connectivity index (χ1n) is 5.07. The van der Waals surface area contributed by atoms with Crippen LogP contribution in [-0.4, -0.2) is 29.1 Å². The number of hydrogen-bond acceptors (Lipinski definition) is 4. The second kappa shape index (κ2) is 8.19. The van der Waals surface area contributed by atoms with Crippen LogP contribution in [0.1, 0.15) is 32.6 Å². The fraction of sp³-hybridized carbons (Fsp3) is 0.778. The van der Waals surface area contributed by atoms with Crippen LogP contribution in [0.4, 0.5) is 0 Å². The van der Waals surface area contributed by atoms with E-state index in [0.29, 0.717) is 11.5 Å². The van der Waals surface area contributed by atoms with Crippen molar-refractivity contribution in [2.45, 2.75) is 32.6 Å². The lowest BCUT2D eigenvalue weighted by molar-refractivity contribution is -0.154. The molecule has 0 spiro atoms. The zero-order valence-corrected chi connectivity index (χ0v) is 8.98. The molecule has 6 nitrogen and oxygen atoms in total. The minimum atomic E-state index is -0.447. The standard InChI is InChI=1S/C9H19N3O3/c1-2-3-4-5-8(9(14)11-10)6-12(15)7-13/h7-8,15H,2-6,10H2,1H3,(H,11,14). The molecule has 2 amide bonds. The average Bonchev–Trinajstić information content (AvgIpc) is 2.26. The molecule has 0 fully saturated rings. The van der Waals surface area contributed by atoms with E-state index in [1.807, 2.05) is 5.43 Å². The Kier molecular flexibility index (Phi) is 7.57. The Morgan fingerprint density at radius 1 is 1.60 bits per heavy atom. The van der Waals surface area contributed by atoms with Crippen molar-refractivity contribution in [1.82, 2.24) is 10.5 Å². The second-order valence-electron chi connectivity index (χ2n) is 3.43. The zero-order chi connectivity index (χ0) is 11.7. The van der Waals surface area contributed by atoms with Crippen molar-refractivity contribution in [1.29, 1.82) is 0 Å². The fourth-order valence-corrected chi connectivity index (χ4v) is 1.33. The van der Waals surface area contributed by atoms with Crippen LogP contribution >= 0.6 is 0 Å². The number of carbonyl (C=O) groups excluding carboxylic acids is 2. The third kappa shape index (κ3) is 6.03. The molecule has 0 aliphatic heterocycles. The summed E-state index contributed by atoms with van der Waals surface area (Å²) >= 11 is 0. The molecule has 1 unspecified atom stereocenters. The molecule has 0 heterocycles. The Bertz CT molecular complexity index is 199. The van der Waals surface area contributed by atoms with E-state index >= 15 is 0 Å². The Hall–Kier alpha value is -1.14. The molecular weight excluding hydrogens is 198 g/mol. The Labute approximate surface area is 89.3 Å². The molecule has 0 aromatic carbocycles. The summed E-state index contributed by atoms with van der Waals surface area (Å²) in [6.07, 6.45) is 3.83. The van der Waals surface area contributed by atoms with Gasteiger partial charge in [0.2, 0.25) is 12.3 Å². The summed E-state index contributed by atoms with van der Waals surface area (Å²) < 4.78 is 0. The largest absolute Gasteiger partial charge is 0.294 e. The van der Waals surface area contributed by atoms with E-state index in [1.54, 1.807) is 0 Å². The zero-order valence-electron chi connectivity index (χ0n) is 8.98. The van der Waals surface area contributed by atoms with Crippen molar-refractivity contribution in [3.05, 3.63) is 0 Å². The maximum absolute atomic E-state index is 11.3. The SMILES string of the molecule is CCCCCC(CN(O)C=O)C(=O)NN. The number of hydrogen-bond donors (Lipinski definition) is 3. The van der Waals surface area contributed by atoms with Crippen LogP contribution in [0.5, 0.6) is 0 Å². The predicted octanol–water partition coefficient (Wildman–Crippen LogP) is 0.0204. The number of rotatable bonds is 8. The number of amides is 2. The highest BCUT2D eigenvalue weighted by atomic mass is 16.5. The summed E-state index contributed by atoms with van der Waals surface area (Å²) in [6, 6.07) is 0. The van der Waals surface area contributed by atoms with Gasteiger partial charge in [-0.1, -0.05) is 26.2 Å². The fourth-order valence-electron chi connectivity index (χ4n) is 1.33. The summed E-state index contributed by atoms with van der Waals surface area (Å²) in [5.74, 6) is 4.20. The van der Waals surface area contributed by atoms with E-state index in [0.717, 1.165) is 19.3 Å². The quantitative estimate of drug-likeness (QED) is 0.133. The smallest absolute Gasteiger partial charge is 0.238 e. The van der Waals surface area contributed by atoms with Crippen molar-refractivity contribution in [2.75, 3.05) is 6.54 Å². The molecule has 0 saturated heterocycles. The maximum atomic E-state index is 11.3. The Morgan fingerprint density at radius 3 is 2.73 bits per heavy atom. The van der Waals surface area contributed by atoms with E-state index < -0.39 is 5.92 Å². The first-order valence-corrected chi connectivity index (χ1v) is 5.07. The minimum Gasteiger partial charge on any atom is -0.294 e. The van der Waals surface area contributed by atoms with Gasteiger partial charge in [-0.05, 0) is 6.42 Å². The van der Waals surface area contributed by atoms with Gasteiger partial charge in [0.1, 0.15) is 0 Å². The molecule has 0 aliphatic carbocycles. The van der Waals surface area contributed by atoms with Gasteiger partial charge in [-0.3, -0.25) is 20.2 Å². The van der Waals surface area contributed by atoms with Crippen LogP contribution < -0.4 is 11.3 Å². The van der Waals surface area contributed by atoms with Crippen LogP contribution in [0, 0.1) is 5.92 Å². The molecule has 4 N–H and O–H groups in total. The molecule has 0 saturated carbocycles. The molecule has 0 rings (SSSR count). The summed E-state index contributed by atoms with van der Waals surface area (Å²) in [5.41, 5.74) is 2.03. The summed E-state index contributed by atoms with van der Waals surface area (Å²) in [4.78, 5) is 21.5. The van der Waals surface area contributed by atoms with E-state index in [4.69, 9.17) is 11.0 Å². The topological polar surface area (TPSA) is 95.7 Å². The highest BCUT2D eigenvalue weighted by Crippen LogP contribution is 2.10. The van der Waals surface area contributed by atoms with Crippen LogP contribution in [0.2, 0.25) is 0 Å². The number of nitrogens with two attached hydrogens (primary N) is 1. The number of unbranched alkanes of at least 4 members (excludes halogenated alkanes) is 2. The average molecular weight is 217 g/mol. The molecule has 0 aromatic heterocycles. The van der Waals surface area contributed by atoms with Gasteiger partial charge in [0.15, 0.2) is 0 Å².